The minimum atomic E-state index is -2.57. The second kappa shape index (κ2) is 24.9. The molecule has 14 atom stereocenters. The lowest BCUT2D eigenvalue weighted by atomic mass is 9.81. The topological polar surface area (TPSA) is 190 Å². The van der Waals surface area contributed by atoms with Crippen molar-refractivity contribution in [2.75, 3.05) is 34.5 Å². The smallest absolute Gasteiger partial charge is 0.329 e. The van der Waals surface area contributed by atoms with Gasteiger partial charge in [-0.15, -0.1) is 0 Å². The van der Waals surface area contributed by atoms with E-state index in [1.54, 1.807) is 28.3 Å². The number of aliphatic hydroxyl groups is 1. The van der Waals surface area contributed by atoms with Gasteiger partial charge in [0.25, 0.3) is 11.7 Å². The second-order valence-electron chi connectivity index (χ2n) is 21.9. The molecule has 3 fully saturated rings. The Hall–Kier alpha value is -2.96. The summed E-state index contributed by atoms with van der Waals surface area (Å²) in [7, 11) is 2.10. The average Bonchev–Trinajstić information content (AvgIpc) is 3.29. The summed E-state index contributed by atoms with van der Waals surface area (Å²) in [5.74, 6) is -7.87. The highest BCUT2D eigenvalue weighted by atomic mass is 28.4. The molecule has 1 amide bonds. The molecule has 386 valence electrons. The molecule has 4 rings (SSSR count). The molecule has 2 bridgehead atoms. The summed E-state index contributed by atoms with van der Waals surface area (Å²) < 4.78 is 43.7. The molecule has 0 radical (unpaired) electrons. The molecular weight excluding hydrogens is 891 g/mol. The maximum atomic E-state index is 14.9. The number of allylic oxidation sites excluding steroid dienone is 3. The van der Waals surface area contributed by atoms with Crippen LogP contribution in [0.3, 0.4) is 0 Å². The lowest BCUT2D eigenvalue weighted by Crippen LogP contribution is -2.64. The van der Waals surface area contributed by atoms with E-state index in [2.05, 4.69) is 52.9 Å². The molecule has 14 unspecified atom stereocenters. The lowest BCUT2D eigenvalue weighted by Gasteiger charge is -2.47. The first-order valence-corrected chi connectivity index (χ1v) is 28.0. The lowest BCUT2D eigenvalue weighted by molar-refractivity contribution is -0.302. The first-order valence-electron chi connectivity index (χ1n) is 25.1. The van der Waals surface area contributed by atoms with E-state index in [1.807, 2.05) is 27.7 Å². The van der Waals surface area contributed by atoms with E-state index in [-0.39, 0.29) is 67.5 Å². The quantitative estimate of drug-likeness (QED) is 0.0674. The molecule has 3 aliphatic heterocycles. The van der Waals surface area contributed by atoms with Crippen LogP contribution in [0.25, 0.3) is 0 Å². The molecule has 0 spiro atoms. The van der Waals surface area contributed by atoms with Crippen LogP contribution in [0, 0.1) is 29.6 Å². The van der Waals surface area contributed by atoms with Gasteiger partial charge < -0.3 is 42.9 Å². The maximum absolute atomic E-state index is 14.9. The number of nitrogens with zero attached hydrogens (tertiary/aromatic N) is 1. The molecule has 1 N–H and O–H groups in total. The monoisotopic (exact) mass is 976 g/mol. The summed E-state index contributed by atoms with van der Waals surface area (Å²) >= 11 is 0. The van der Waals surface area contributed by atoms with E-state index >= 15 is 0 Å². The van der Waals surface area contributed by atoms with Gasteiger partial charge in [-0.25, -0.2) is 4.79 Å². The summed E-state index contributed by atoms with van der Waals surface area (Å²) in [5.41, 5.74) is 1.75. The fraction of sp³-hybridized carbons (Fsp3) is 0.808. The minimum absolute atomic E-state index is 0.0197. The number of Topliss-reactive ketones (excluding diaryl/α,β-unsaturated/α-hetero) is 3. The van der Waals surface area contributed by atoms with Crippen molar-refractivity contribution in [1.82, 2.24) is 4.90 Å². The highest BCUT2D eigenvalue weighted by molar-refractivity contribution is 6.74. The molecule has 68 heavy (non-hydrogen) atoms. The Morgan fingerprint density at radius 1 is 0.912 bits per heavy atom. The van der Waals surface area contributed by atoms with Gasteiger partial charge in [0.1, 0.15) is 30.6 Å². The third-order valence-corrected chi connectivity index (χ3v) is 20.2. The fourth-order valence-electron chi connectivity index (χ4n) is 10.5. The zero-order valence-electron chi connectivity index (χ0n) is 43.6. The van der Waals surface area contributed by atoms with Crippen molar-refractivity contribution in [2.24, 2.45) is 29.6 Å². The predicted molar refractivity (Wildman–Crippen MR) is 259 cm³/mol. The number of piperidine rings is 1. The number of amides is 1. The third kappa shape index (κ3) is 14.1. The predicted octanol–water partition coefficient (Wildman–Crippen LogP) is 7.29. The number of ketones is 3. The fourth-order valence-corrected chi connectivity index (χ4v) is 11.9. The van der Waals surface area contributed by atoms with Gasteiger partial charge in [-0.2, -0.15) is 0 Å². The number of cyclic esters (lactones) is 1. The largest absolute Gasteiger partial charge is 0.456 e. The van der Waals surface area contributed by atoms with Gasteiger partial charge in [0, 0.05) is 52.0 Å². The molecule has 16 heteroatoms. The van der Waals surface area contributed by atoms with Crippen molar-refractivity contribution in [1.29, 1.82) is 0 Å². The van der Waals surface area contributed by atoms with E-state index in [4.69, 9.17) is 32.8 Å². The van der Waals surface area contributed by atoms with E-state index in [9.17, 15) is 33.9 Å². The van der Waals surface area contributed by atoms with Gasteiger partial charge in [0.05, 0.1) is 30.5 Å². The van der Waals surface area contributed by atoms with E-state index < -0.39 is 98.0 Å². The number of carbonyl (C=O) groups excluding carboxylic acids is 6. The van der Waals surface area contributed by atoms with Crippen molar-refractivity contribution in [3.63, 3.8) is 0 Å². The molecule has 0 aromatic heterocycles. The molecule has 4 aliphatic rings. The Morgan fingerprint density at radius 2 is 1.56 bits per heavy atom. The summed E-state index contributed by atoms with van der Waals surface area (Å²) in [6.45, 7) is 22.1. The van der Waals surface area contributed by atoms with Crippen LogP contribution in [0.5, 0.6) is 0 Å². The van der Waals surface area contributed by atoms with Crippen LogP contribution in [0.2, 0.25) is 18.1 Å². The highest BCUT2D eigenvalue weighted by Gasteiger charge is 2.57. The number of carbonyl (C=O) groups is 6. The minimum Gasteiger partial charge on any atom is -0.456 e. The average molecular weight is 976 g/mol. The van der Waals surface area contributed by atoms with Crippen LogP contribution in [-0.4, -0.2) is 143 Å². The van der Waals surface area contributed by atoms with Crippen LogP contribution < -0.4 is 0 Å². The number of methoxy groups -OCH3 is 3. The van der Waals surface area contributed by atoms with Crippen LogP contribution in [0.1, 0.15) is 133 Å². The number of rotatable bonds is 12. The molecule has 1 saturated carbocycles. The Kier molecular flexibility index (Phi) is 21.1. The van der Waals surface area contributed by atoms with Crippen LogP contribution in [0.4, 0.5) is 0 Å². The number of hydrogen-bond donors (Lipinski definition) is 1. The highest BCUT2D eigenvalue weighted by Crippen LogP contribution is 2.42. The molecule has 3 heterocycles. The second-order valence-corrected chi connectivity index (χ2v) is 26.6. The summed E-state index contributed by atoms with van der Waals surface area (Å²) in [5, 5.41) is 12.0. The molecular formula is C52H85NO14Si. The SMILES string of the molecule is CCC1C=C(C)CC(C)CC(OC)C2OC(O)(C(=O)C(=O)N3CCCCC3C(=O)OC(C(C)=CC3CCC(OCC(=O)C=O)C(OC)C3)C(C)C(O[Si](C)(C)C(C)(C)C)CC1=O)C(C)CC2OC. The van der Waals surface area contributed by atoms with Crippen molar-refractivity contribution in [3.05, 3.63) is 23.3 Å². The molecule has 0 aromatic rings. The Balaban J connectivity index is 1.86. The maximum Gasteiger partial charge on any atom is 0.329 e. The van der Waals surface area contributed by atoms with Crippen molar-refractivity contribution in [2.45, 2.75) is 206 Å². The Morgan fingerprint density at radius 3 is 2.16 bits per heavy atom. The Bertz CT molecular complexity index is 1830. The van der Waals surface area contributed by atoms with Crippen molar-refractivity contribution in [3.8, 4) is 0 Å². The number of ether oxygens (including phenoxy) is 6. The van der Waals surface area contributed by atoms with Gasteiger partial charge in [-0.1, -0.05) is 66.2 Å². The van der Waals surface area contributed by atoms with Crippen LogP contribution >= 0.6 is 0 Å². The molecule has 15 nitrogen and oxygen atoms in total. The van der Waals surface area contributed by atoms with Gasteiger partial charge >= 0.3 is 5.97 Å². The van der Waals surface area contributed by atoms with E-state index in [0.29, 0.717) is 51.4 Å². The molecule has 2 saturated heterocycles. The number of hydrogen-bond acceptors (Lipinski definition) is 14. The number of aldehydes is 1. The third-order valence-electron chi connectivity index (χ3n) is 15.7. The van der Waals surface area contributed by atoms with Gasteiger partial charge in [0.2, 0.25) is 11.6 Å². The van der Waals surface area contributed by atoms with Crippen molar-refractivity contribution < 1.29 is 66.7 Å². The molecule has 0 aromatic carbocycles. The standard InChI is InChI=1S/C52H85NO14Si/c1-15-37-23-31(2)22-32(3)24-44(62-11)47-45(63-12)26-34(5)52(60,66-47)48(57)49(58)53-21-17-16-18-39(53)50(59)65-46(35(6)42(28-40(37)56)67-68(13,14)51(7,8)9)33(4)25-36-19-20-41(43(27-36)61-10)64-30-38(55)29-54/h23,25,29,32,34-37,39,41-47,60H,15-22,24,26-28,30H2,1-14H3. The van der Waals surface area contributed by atoms with Gasteiger partial charge in [0.15, 0.2) is 14.6 Å². The van der Waals surface area contributed by atoms with E-state index in [0.717, 1.165) is 11.1 Å². The summed E-state index contributed by atoms with van der Waals surface area (Å²) in [6.07, 6.45) is 4.99. The zero-order valence-corrected chi connectivity index (χ0v) is 44.6. The molecule has 1 aliphatic carbocycles. The van der Waals surface area contributed by atoms with Crippen molar-refractivity contribution >= 4 is 43.8 Å². The van der Waals surface area contributed by atoms with Crippen LogP contribution in [0.15, 0.2) is 23.3 Å². The van der Waals surface area contributed by atoms with E-state index in [1.165, 1.54) is 4.90 Å². The number of esters is 1. The summed E-state index contributed by atoms with van der Waals surface area (Å²) in [6, 6.07) is -1.15. The zero-order chi connectivity index (χ0) is 50.9. The first kappa shape index (κ1) is 57.6. The van der Waals surface area contributed by atoms with Crippen LogP contribution in [-0.2, 0) is 61.6 Å². The normalized spacial score (nSPS) is 36.0. The first-order chi connectivity index (χ1) is 31.8. The Labute approximate surface area is 407 Å². The summed E-state index contributed by atoms with van der Waals surface area (Å²) in [4.78, 5) is 82.6. The van der Waals surface area contributed by atoms with Gasteiger partial charge in [-0.3, -0.25) is 24.0 Å². The number of fused-ring (bicyclic) bond motifs is 3. The van der Waals surface area contributed by atoms with Gasteiger partial charge in [-0.05, 0) is 114 Å².